The van der Waals surface area contributed by atoms with Crippen molar-refractivity contribution in [1.29, 1.82) is 0 Å². The van der Waals surface area contributed by atoms with Gasteiger partial charge >= 0.3 is 6.18 Å². The van der Waals surface area contributed by atoms with Crippen LogP contribution in [0.25, 0.3) is 10.9 Å². The van der Waals surface area contributed by atoms with Crippen molar-refractivity contribution in [1.82, 2.24) is 10.2 Å². The Kier molecular flexibility index (Phi) is 2.40. The van der Waals surface area contributed by atoms with Crippen LogP contribution in [0.2, 0.25) is 0 Å². The number of alkyl halides is 3. The molecule has 0 aliphatic carbocycles. The van der Waals surface area contributed by atoms with Crippen molar-refractivity contribution in [2.24, 2.45) is 0 Å². The molecule has 15 heavy (non-hydrogen) atoms. The Bertz CT molecular complexity index is 516. The molecule has 1 heterocycles. The highest BCUT2D eigenvalue weighted by molar-refractivity contribution is 14.1. The third-order valence-corrected chi connectivity index (χ3v) is 2.92. The largest absolute Gasteiger partial charge is 0.416 e. The zero-order chi connectivity index (χ0) is 11.2. The molecule has 0 saturated heterocycles. The number of aryl methyl sites for hydroxylation is 1. The third-order valence-electron chi connectivity index (χ3n) is 2.14. The molecular weight excluding hydrogens is 320 g/mol. The zero-order valence-corrected chi connectivity index (χ0v) is 9.77. The van der Waals surface area contributed by atoms with Gasteiger partial charge in [-0.15, -0.1) is 0 Å². The lowest BCUT2D eigenvalue weighted by atomic mass is 10.1. The van der Waals surface area contributed by atoms with Gasteiger partial charge in [0.1, 0.15) is 3.70 Å². The molecule has 0 saturated carbocycles. The topological polar surface area (TPSA) is 28.7 Å². The number of benzene rings is 1. The summed E-state index contributed by atoms with van der Waals surface area (Å²) in [7, 11) is 0. The standard InChI is InChI=1S/C9H6F3IN2/c1-4-2-5(9(10,11)12)3-6-7(4)8(13)15-14-6/h2-3H,1H3,(H,14,15). The van der Waals surface area contributed by atoms with Crippen molar-refractivity contribution in [3.05, 3.63) is 27.0 Å². The van der Waals surface area contributed by atoms with E-state index in [4.69, 9.17) is 0 Å². The van der Waals surface area contributed by atoms with Crippen molar-refractivity contribution in [3.8, 4) is 0 Å². The van der Waals surface area contributed by atoms with Gasteiger partial charge in [0, 0.05) is 5.39 Å². The monoisotopic (exact) mass is 326 g/mol. The average molecular weight is 326 g/mol. The van der Waals surface area contributed by atoms with Crippen LogP contribution in [0.15, 0.2) is 12.1 Å². The summed E-state index contributed by atoms with van der Waals surface area (Å²) < 4.78 is 38.1. The van der Waals surface area contributed by atoms with E-state index in [2.05, 4.69) is 10.2 Å². The lowest BCUT2D eigenvalue weighted by Crippen LogP contribution is -2.05. The second kappa shape index (κ2) is 3.36. The number of aromatic nitrogens is 2. The van der Waals surface area contributed by atoms with Crippen LogP contribution in [-0.2, 0) is 6.18 Å². The Balaban J connectivity index is 2.74. The minimum atomic E-state index is -4.31. The fourth-order valence-electron chi connectivity index (χ4n) is 1.48. The number of nitrogens with zero attached hydrogens (tertiary/aromatic N) is 1. The summed E-state index contributed by atoms with van der Waals surface area (Å²) in [6, 6.07) is 2.22. The van der Waals surface area contributed by atoms with E-state index < -0.39 is 11.7 Å². The third kappa shape index (κ3) is 1.82. The summed E-state index contributed by atoms with van der Waals surface area (Å²) in [4.78, 5) is 0. The number of halogens is 4. The fourth-order valence-corrected chi connectivity index (χ4v) is 2.31. The van der Waals surface area contributed by atoms with Crippen molar-refractivity contribution in [2.75, 3.05) is 0 Å². The van der Waals surface area contributed by atoms with Crippen LogP contribution >= 0.6 is 22.6 Å². The van der Waals surface area contributed by atoms with Gasteiger partial charge in [-0.25, -0.2) is 0 Å². The first-order valence-electron chi connectivity index (χ1n) is 4.11. The Morgan fingerprint density at radius 3 is 2.60 bits per heavy atom. The predicted molar refractivity (Wildman–Crippen MR) is 58.5 cm³/mol. The molecule has 2 rings (SSSR count). The number of hydrogen-bond acceptors (Lipinski definition) is 1. The summed E-state index contributed by atoms with van der Waals surface area (Å²) in [6.45, 7) is 1.65. The second-order valence-electron chi connectivity index (χ2n) is 3.23. The summed E-state index contributed by atoms with van der Waals surface area (Å²) in [5.74, 6) is 0. The van der Waals surface area contributed by atoms with Gasteiger partial charge in [-0.1, -0.05) is 0 Å². The van der Waals surface area contributed by atoms with Gasteiger partial charge in [0.05, 0.1) is 11.1 Å². The molecule has 0 spiro atoms. The van der Waals surface area contributed by atoms with E-state index in [-0.39, 0.29) is 0 Å². The smallest absolute Gasteiger partial charge is 0.277 e. The number of nitrogens with one attached hydrogen (secondary N) is 1. The Morgan fingerprint density at radius 1 is 1.33 bits per heavy atom. The minimum Gasteiger partial charge on any atom is -0.277 e. The SMILES string of the molecule is Cc1cc(C(F)(F)F)cc2[nH]nc(I)c12. The number of fused-ring (bicyclic) bond motifs is 1. The number of rotatable bonds is 0. The van der Waals surface area contributed by atoms with Gasteiger partial charge in [-0.3, -0.25) is 5.10 Å². The lowest BCUT2D eigenvalue weighted by molar-refractivity contribution is -0.137. The maximum absolute atomic E-state index is 12.5. The molecule has 0 radical (unpaired) electrons. The molecule has 0 fully saturated rings. The highest BCUT2D eigenvalue weighted by atomic mass is 127. The molecule has 0 bridgehead atoms. The molecule has 2 aromatic rings. The van der Waals surface area contributed by atoms with Gasteiger partial charge in [-0.2, -0.15) is 18.3 Å². The maximum Gasteiger partial charge on any atom is 0.416 e. The van der Waals surface area contributed by atoms with E-state index >= 15 is 0 Å². The molecule has 1 N–H and O–H groups in total. The van der Waals surface area contributed by atoms with Crippen LogP contribution in [-0.4, -0.2) is 10.2 Å². The quantitative estimate of drug-likeness (QED) is 0.738. The minimum absolute atomic E-state index is 0.423. The first kappa shape index (κ1) is 10.7. The van der Waals surface area contributed by atoms with Gasteiger partial charge in [0.25, 0.3) is 0 Å². The van der Waals surface area contributed by atoms with E-state index in [9.17, 15) is 13.2 Å². The molecule has 0 aliphatic rings. The molecule has 0 amide bonds. The maximum atomic E-state index is 12.5. The number of H-pyrrole nitrogens is 1. The molecule has 6 heteroatoms. The summed E-state index contributed by atoms with van der Waals surface area (Å²) in [5, 5.41) is 7.21. The van der Waals surface area contributed by atoms with E-state index in [1.54, 1.807) is 6.92 Å². The van der Waals surface area contributed by atoms with E-state index in [1.165, 1.54) is 0 Å². The molecule has 1 aromatic carbocycles. The van der Waals surface area contributed by atoms with Crippen LogP contribution in [0.4, 0.5) is 13.2 Å². The van der Waals surface area contributed by atoms with Crippen molar-refractivity contribution in [3.63, 3.8) is 0 Å². The number of hydrogen-bond donors (Lipinski definition) is 1. The molecule has 0 aliphatic heterocycles. The molecule has 0 unspecified atom stereocenters. The highest BCUT2D eigenvalue weighted by Gasteiger charge is 2.31. The van der Waals surface area contributed by atoms with Crippen LogP contribution in [0.5, 0.6) is 0 Å². The normalized spacial score (nSPS) is 12.3. The summed E-state index contributed by atoms with van der Waals surface area (Å²) >= 11 is 1.99. The van der Waals surface area contributed by atoms with Crippen molar-refractivity contribution in [2.45, 2.75) is 13.1 Å². The van der Waals surface area contributed by atoms with Crippen molar-refractivity contribution < 1.29 is 13.2 Å². The predicted octanol–water partition coefficient (Wildman–Crippen LogP) is 3.49. The van der Waals surface area contributed by atoms with Crippen LogP contribution in [0, 0.1) is 10.6 Å². The zero-order valence-electron chi connectivity index (χ0n) is 7.61. The van der Waals surface area contributed by atoms with Gasteiger partial charge in [0.15, 0.2) is 0 Å². The first-order chi connectivity index (χ1) is 6.89. The summed E-state index contributed by atoms with van der Waals surface area (Å²) in [6.07, 6.45) is -4.31. The highest BCUT2D eigenvalue weighted by Crippen LogP contribution is 2.33. The lowest BCUT2D eigenvalue weighted by Gasteiger charge is -2.07. The Morgan fingerprint density at radius 2 is 2.00 bits per heavy atom. The van der Waals surface area contributed by atoms with Crippen molar-refractivity contribution >= 4 is 33.5 Å². The van der Waals surface area contributed by atoms with Crippen LogP contribution < -0.4 is 0 Å². The van der Waals surface area contributed by atoms with Gasteiger partial charge < -0.3 is 0 Å². The molecule has 0 atom stereocenters. The molecule has 1 aromatic heterocycles. The van der Waals surface area contributed by atoms with Gasteiger partial charge in [-0.05, 0) is 47.2 Å². The molecule has 80 valence electrons. The summed E-state index contributed by atoms with van der Waals surface area (Å²) in [5.41, 5.74) is 0.359. The fraction of sp³-hybridized carbons (Fsp3) is 0.222. The number of aromatic amines is 1. The second-order valence-corrected chi connectivity index (χ2v) is 4.25. The molecular formula is C9H6F3IN2. The first-order valence-corrected chi connectivity index (χ1v) is 5.19. The Labute approximate surface area is 97.0 Å². The Hall–Kier alpha value is -0.790. The van der Waals surface area contributed by atoms with E-state index in [0.29, 0.717) is 14.8 Å². The molecule has 2 nitrogen and oxygen atoms in total. The average Bonchev–Trinajstić information content (AvgIpc) is 2.46. The van der Waals surface area contributed by atoms with E-state index in [0.717, 1.165) is 17.5 Å². The van der Waals surface area contributed by atoms with E-state index in [1.807, 2.05) is 22.6 Å². The van der Waals surface area contributed by atoms with Crippen LogP contribution in [0.3, 0.4) is 0 Å². The van der Waals surface area contributed by atoms with Crippen LogP contribution in [0.1, 0.15) is 11.1 Å². The van der Waals surface area contributed by atoms with Gasteiger partial charge in [0.2, 0.25) is 0 Å².